The molecule has 1 aliphatic heterocycles. The van der Waals surface area contributed by atoms with Crippen molar-refractivity contribution in [1.29, 1.82) is 0 Å². The van der Waals surface area contributed by atoms with Crippen LogP contribution in [0.2, 0.25) is 0 Å². The predicted molar refractivity (Wildman–Crippen MR) is 109 cm³/mol. The van der Waals surface area contributed by atoms with Crippen molar-refractivity contribution in [3.05, 3.63) is 53.5 Å². The molecule has 5 heteroatoms. The first-order valence-corrected chi connectivity index (χ1v) is 9.85. The summed E-state index contributed by atoms with van der Waals surface area (Å²) in [4.78, 5) is 25.6. The molecule has 1 saturated heterocycles. The molecule has 0 unspecified atom stereocenters. The van der Waals surface area contributed by atoms with Crippen LogP contribution in [0.5, 0.6) is 0 Å². The SMILES string of the molecule is Cc1nc(CC2CCN(C(=O)CCc3ccccc3)CC2)cc(N(C)C)n1. The van der Waals surface area contributed by atoms with Crippen LogP contribution in [0.3, 0.4) is 0 Å². The van der Waals surface area contributed by atoms with Crippen LogP contribution in [-0.2, 0) is 17.6 Å². The maximum absolute atomic E-state index is 12.5. The number of aryl methyl sites for hydroxylation is 2. The minimum absolute atomic E-state index is 0.282. The number of likely N-dealkylation sites (tertiary alicyclic amines) is 1. The fourth-order valence-electron chi connectivity index (χ4n) is 3.68. The number of nitrogens with zero attached hydrogens (tertiary/aromatic N) is 4. The van der Waals surface area contributed by atoms with Crippen molar-refractivity contribution in [3.63, 3.8) is 0 Å². The Morgan fingerprint density at radius 2 is 1.85 bits per heavy atom. The first kappa shape index (κ1) is 19.3. The molecule has 144 valence electrons. The van der Waals surface area contributed by atoms with Crippen LogP contribution in [0.1, 0.15) is 36.3 Å². The Kier molecular flexibility index (Phi) is 6.43. The second kappa shape index (κ2) is 8.98. The van der Waals surface area contributed by atoms with E-state index in [0.717, 1.165) is 56.1 Å². The normalized spacial score (nSPS) is 15.0. The Balaban J connectivity index is 1.48. The lowest BCUT2D eigenvalue weighted by atomic mass is 9.91. The maximum Gasteiger partial charge on any atom is 0.222 e. The van der Waals surface area contributed by atoms with Crippen LogP contribution in [0.15, 0.2) is 36.4 Å². The van der Waals surface area contributed by atoms with Gasteiger partial charge in [-0.15, -0.1) is 0 Å². The van der Waals surface area contributed by atoms with Gasteiger partial charge in [0, 0.05) is 45.4 Å². The number of hydrogen-bond acceptors (Lipinski definition) is 4. The van der Waals surface area contributed by atoms with Gasteiger partial charge in [-0.3, -0.25) is 4.79 Å². The third-order valence-electron chi connectivity index (χ3n) is 5.27. The summed E-state index contributed by atoms with van der Waals surface area (Å²) < 4.78 is 0. The Bertz CT molecular complexity index is 752. The van der Waals surface area contributed by atoms with Crippen LogP contribution >= 0.6 is 0 Å². The fraction of sp³-hybridized carbons (Fsp3) is 0.500. The first-order valence-electron chi connectivity index (χ1n) is 9.85. The van der Waals surface area contributed by atoms with Crippen LogP contribution in [-0.4, -0.2) is 48.0 Å². The number of rotatable bonds is 6. The minimum Gasteiger partial charge on any atom is -0.363 e. The molecule has 0 radical (unpaired) electrons. The molecule has 1 amide bonds. The summed E-state index contributed by atoms with van der Waals surface area (Å²) in [5.41, 5.74) is 2.34. The summed E-state index contributed by atoms with van der Waals surface area (Å²) in [6, 6.07) is 12.3. The lowest BCUT2D eigenvalue weighted by Gasteiger charge is -2.32. The van der Waals surface area contributed by atoms with Crippen LogP contribution in [0, 0.1) is 12.8 Å². The summed E-state index contributed by atoms with van der Waals surface area (Å²) in [7, 11) is 4.01. The second-order valence-corrected chi connectivity index (χ2v) is 7.67. The van der Waals surface area contributed by atoms with E-state index < -0.39 is 0 Å². The van der Waals surface area contributed by atoms with Crippen LogP contribution in [0.25, 0.3) is 0 Å². The molecule has 0 atom stereocenters. The number of hydrogen-bond donors (Lipinski definition) is 0. The molecule has 0 saturated carbocycles. The van der Waals surface area contributed by atoms with Crippen LogP contribution < -0.4 is 4.90 Å². The van der Waals surface area contributed by atoms with Crippen LogP contribution in [0.4, 0.5) is 5.82 Å². The van der Waals surface area contributed by atoms with E-state index in [0.29, 0.717) is 12.3 Å². The zero-order chi connectivity index (χ0) is 19.2. The fourth-order valence-corrected chi connectivity index (χ4v) is 3.68. The summed E-state index contributed by atoms with van der Waals surface area (Å²) >= 11 is 0. The quantitative estimate of drug-likeness (QED) is 0.787. The number of piperidine rings is 1. The van der Waals surface area contributed by atoms with Crippen molar-refractivity contribution in [3.8, 4) is 0 Å². The smallest absolute Gasteiger partial charge is 0.222 e. The number of carbonyl (C=O) groups is 1. The maximum atomic E-state index is 12.5. The number of carbonyl (C=O) groups excluding carboxylic acids is 1. The predicted octanol–water partition coefficient (Wildman–Crippen LogP) is 3.26. The van der Waals surface area contributed by atoms with Gasteiger partial charge in [-0.1, -0.05) is 30.3 Å². The number of amides is 1. The standard InChI is InChI=1S/C22H30N4O/c1-17-23-20(16-21(24-17)25(2)3)15-19-11-13-26(14-12-19)22(27)10-9-18-7-5-4-6-8-18/h4-8,16,19H,9-15H2,1-3H3. The first-order chi connectivity index (χ1) is 13.0. The van der Waals surface area contributed by atoms with E-state index in [4.69, 9.17) is 0 Å². The van der Waals surface area contributed by atoms with Gasteiger partial charge >= 0.3 is 0 Å². The molecule has 0 spiro atoms. The number of benzene rings is 1. The highest BCUT2D eigenvalue weighted by Crippen LogP contribution is 2.23. The van der Waals surface area contributed by atoms with E-state index in [2.05, 4.69) is 28.2 Å². The molecule has 27 heavy (non-hydrogen) atoms. The molecule has 0 aliphatic carbocycles. The highest BCUT2D eigenvalue weighted by molar-refractivity contribution is 5.76. The van der Waals surface area contributed by atoms with E-state index in [1.807, 2.05) is 49.0 Å². The largest absolute Gasteiger partial charge is 0.363 e. The van der Waals surface area contributed by atoms with Gasteiger partial charge in [-0.2, -0.15) is 0 Å². The van der Waals surface area contributed by atoms with Crippen molar-refractivity contribution in [2.24, 2.45) is 5.92 Å². The highest BCUT2D eigenvalue weighted by atomic mass is 16.2. The third-order valence-corrected chi connectivity index (χ3v) is 5.27. The lowest BCUT2D eigenvalue weighted by Crippen LogP contribution is -2.39. The molecule has 5 nitrogen and oxygen atoms in total. The summed E-state index contributed by atoms with van der Waals surface area (Å²) in [5.74, 6) is 2.66. The van der Waals surface area contributed by atoms with Crippen molar-refractivity contribution >= 4 is 11.7 Å². The van der Waals surface area contributed by atoms with Gasteiger partial charge in [0.15, 0.2) is 0 Å². The molecule has 2 heterocycles. The highest BCUT2D eigenvalue weighted by Gasteiger charge is 2.23. The Labute approximate surface area is 162 Å². The molecule has 2 aromatic rings. The monoisotopic (exact) mass is 366 g/mol. The number of aromatic nitrogens is 2. The summed E-state index contributed by atoms with van der Waals surface area (Å²) in [5, 5.41) is 0. The average molecular weight is 367 g/mol. The second-order valence-electron chi connectivity index (χ2n) is 7.67. The molecule has 1 aliphatic rings. The van der Waals surface area contributed by atoms with Gasteiger partial charge in [0.05, 0.1) is 0 Å². The van der Waals surface area contributed by atoms with Gasteiger partial charge in [-0.05, 0) is 44.1 Å². The lowest BCUT2D eigenvalue weighted by molar-refractivity contribution is -0.132. The van der Waals surface area contributed by atoms with Crippen molar-refractivity contribution in [2.75, 3.05) is 32.1 Å². The van der Waals surface area contributed by atoms with Gasteiger partial charge in [0.1, 0.15) is 11.6 Å². The molecule has 1 fully saturated rings. The third kappa shape index (κ3) is 5.52. The van der Waals surface area contributed by atoms with Crippen molar-refractivity contribution in [2.45, 2.75) is 39.0 Å². The average Bonchev–Trinajstić information content (AvgIpc) is 2.67. The van der Waals surface area contributed by atoms with E-state index in [1.165, 1.54) is 5.56 Å². The number of anilines is 1. The molecule has 1 aromatic carbocycles. The van der Waals surface area contributed by atoms with Crippen molar-refractivity contribution in [1.82, 2.24) is 14.9 Å². The van der Waals surface area contributed by atoms with Gasteiger partial charge < -0.3 is 9.80 Å². The van der Waals surface area contributed by atoms with Gasteiger partial charge in [0.25, 0.3) is 0 Å². The zero-order valence-electron chi connectivity index (χ0n) is 16.7. The van der Waals surface area contributed by atoms with E-state index >= 15 is 0 Å². The van der Waals surface area contributed by atoms with Gasteiger partial charge in [0.2, 0.25) is 5.91 Å². The Morgan fingerprint density at radius 3 is 2.52 bits per heavy atom. The Morgan fingerprint density at radius 1 is 1.15 bits per heavy atom. The molecule has 3 rings (SSSR count). The molecule has 1 aromatic heterocycles. The molecular weight excluding hydrogens is 336 g/mol. The molecular formula is C22H30N4O. The minimum atomic E-state index is 0.282. The zero-order valence-corrected chi connectivity index (χ0v) is 16.7. The molecule has 0 N–H and O–H groups in total. The Hall–Kier alpha value is -2.43. The summed E-state index contributed by atoms with van der Waals surface area (Å²) in [6.45, 7) is 3.68. The van der Waals surface area contributed by atoms with E-state index in [1.54, 1.807) is 0 Å². The topological polar surface area (TPSA) is 49.3 Å². The molecule has 0 bridgehead atoms. The van der Waals surface area contributed by atoms with Crippen molar-refractivity contribution < 1.29 is 4.79 Å². The summed E-state index contributed by atoms with van der Waals surface area (Å²) in [6.07, 6.45) is 4.50. The van der Waals surface area contributed by atoms with E-state index in [-0.39, 0.29) is 5.91 Å². The van der Waals surface area contributed by atoms with Gasteiger partial charge in [-0.25, -0.2) is 9.97 Å². The van der Waals surface area contributed by atoms with E-state index in [9.17, 15) is 4.79 Å².